The Labute approximate surface area is 363 Å². The second kappa shape index (κ2) is 21.5. The number of aliphatic hydroxyl groups is 2. The Balaban J connectivity index is 1.43. The number of hydrogen-bond acceptors (Lipinski definition) is 10. The number of unbranched alkanes of at least 4 members (excludes halogenated alkanes) is 2. The molecule has 7 rings (SSSR count). The number of amides is 1. The summed E-state index contributed by atoms with van der Waals surface area (Å²) < 4.78 is 61.4. The van der Waals surface area contributed by atoms with E-state index in [4.69, 9.17) is 33.7 Å². The van der Waals surface area contributed by atoms with Gasteiger partial charge in [-0.25, -0.2) is 13.6 Å². The highest BCUT2D eigenvalue weighted by Gasteiger charge is 2.65. The molecular weight excluding hydrogens is 799 g/mol. The molecule has 0 bridgehead atoms. The number of aliphatic hydroxyl groups excluding tert-OH is 2. The third-order valence-electron chi connectivity index (χ3n) is 12.6. The van der Waals surface area contributed by atoms with Gasteiger partial charge in [0.1, 0.15) is 35.8 Å². The number of ether oxygens (including phenoxy) is 5. The van der Waals surface area contributed by atoms with Crippen molar-refractivity contribution in [3.05, 3.63) is 119 Å². The lowest BCUT2D eigenvalue weighted by molar-refractivity contribution is -0.256. The minimum Gasteiger partial charge on any atom is -0.489 e. The maximum atomic E-state index is 14.8. The predicted octanol–water partition coefficient (Wildman–Crippen LogP) is 9.36. The van der Waals surface area contributed by atoms with Crippen LogP contribution in [-0.4, -0.2) is 78.1 Å². The number of carbonyl (C=O) groups excluding carboxylic acids is 1. The van der Waals surface area contributed by atoms with Gasteiger partial charge in [-0.3, -0.25) is 4.90 Å². The van der Waals surface area contributed by atoms with Gasteiger partial charge in [0.2, 0.25) is 12.1 Å². The summed E-state index contributed by atoms with van der Waals surface area (Å²) in [5.41, 5.74) is 3.44. The van der Waals surface area contributed by atoms with E-state index in [-0.39, 0.29) is 69.6 Å². The average molecular weight is 859 g/mol. The van der Waals surface area contributed by atoms with Gasteiger partial charge >= 0.3 is 6.09 Å². The Bertz CT molecular complexity index is 2020. The first-order valence-corrected chi connectivity index (χ1v) is 22.2. The van der Waals surface area contributed by atoms with Gasteiger partial charge in [-0.05, 0) is 105 Å². The second-order valence-electron chi connectivity index (χ2n) is 16.5. The molecule has 3 aromatic carbocycles. The monoisotopic (exact) mass is 858 g/mol. The van der Waals surface area contributed by atoms with Gasteiger partial charge in [-0.2, -0.15) is 0 Å². The van der Waals surface area contributed by atoms with Crippen molar-refractivity contribution in [3.63, 3.8) is 0 Å². The lowest BCUT2D eigenvalue weighted by atomic mass is 9.55. The van der Waals surface area contributed by atoms with Gasteiger partial charge in [0.25, 0.3) is 0 Å². The van der Waals surface area contributed by atoms with Crippen molar-refractivity contribution in [1.82, 2.24) is 4.90 Å². The highest BCUT2D eigenvalue weighted by Crippen LogP contribution is 2.62. The van der Waals surface area contributed by atoms with Crippen LogP contribution in [0.2, 0.25) is 0 Å². The average Bonchev–Trinajstić information content (AvgIpc) is 3.29. The van der Waals surface area contributed by atoms with E-state index in [1.54, 1.807) is 54.3 Å². The van der Waals surface area contributed by atoms with Crippen LogP contribution >= 0.6 is 0 Å². The zero-order chi connectivity index (χ0) is 43.5. The third-order valence-corrected chi connectivity index (χ3v) is 12.6. The smallest absolute Gasteiger partial charge is 0.410 e. The summed E-state index contributed by atoms with van der Waals surface area (Å²) in [5.74, 6) is -2.14. The number of hydrogen-bond donors (Lipinski definition) is 2. The summed E-state index contributed by atoms with van der Waals surface area (Å²) in [6.07, 6.45) is 9.79. The molecule has 1 saturated carbocycles. The molecule has 11 nitrogen and oxygen atoms in total. The first-order chi connectivity index (χ1) is 30.3. The van der Waals surface area contributed by atoms with Crippen LogP contribution in [-0.2, 0) is 32.2 Å². The van der Waals surface area contributed by atoms with Gasteiger partial charge in [0.15, 0.2) is 0 Å². The molecule has 2 heterocycles. The summed E-state index contributed by atoms with van der Waals surface area (Å²) in [6, 6.07) is 17.3. The zero-order valence-corrected chi connectivity index (χ0v) is 35.6. The van der Waals surface area contributed by atoms with Crippen molar-refractivity contribution in [1.29, 1.82) is 0 Å². The number of carbonyl (C=O) groups is 1. The molecule has 0 aromatic heterocycles. The van der Waals surface area contributed by atoms with Crippen molar-refractivity contribution in [2.75, 3.05) is 33.0 Å². The van der Waals surface area contributed by atoms with Crippen LogP contribution in [0.25, 0.3) is 0 Å². The lowest BCUT2D eigenvalue weighted by Crippen LogP contribution is -2.70. The van der Waals surface area contributed by atoms with E-state index in [9.17, 15) is 23.8 Å². The number of fused-ring (bicyclic) bond motifs is 2. The molecule has 1 saturated heterocycles. The Morgan fingerprint density at radius 2 is 1.81 bits per heavy atom. The van der Waals surface area contributed by atoms with Crippen molar-refractivity contribution in [2.24, 2.45) is 22.9 Å². The Kier molecular flexibility index (Phi) is 15.7. The molecule has 2 aliphatic heterocycles. The van der Waals surface area contributed by atoms with Crippen LogP contribution in [0, 0.1) is 29.4 Å². The van der Waals surface area contributed by atoms with Gasteiger partial charge in [-0.1, -0.05) is 60.5 Å². The highest BCUT2D eigenvalue weighted by molar-refractivity contribution is 6.03. The minimum atomic E-state index is -1.54. The SMILES string of the molecule is C=CCO[C@@]12Oc3ccc(OCc4ccccc4F)cc3[C@H]3[C@H](CCCCO)[C@@H](CCCCO)C=C(C(=NOC4CCCCO4)C[C@@H]1N(Cc1ccc(F)cc1)C(=O)OCC)[C@H]32. The fraction of sp³-hybridized carbons (Fsp3) is 0.510. The van der Waals surface area contributed by atoms with Crippen molar-refractivity contribution >= 4 is 11.8 Å². The van der Waals surface area contributed by atoms with Gasteiger partial charge < -0.3 is 38.7 Å². The van der Waals surface area contributed by atoms with E-state index in [0.29, 0.717) is 54.2 Å². The normalized spacial score (nSPS) is 25.8. The quantitative estimate of drug-likeness (QED) is 0.0649. The molecule has 3 aromatic rings. The van der Waals surface area contributed by atoms with Crippen LogP contribution in [0.1, 0.15) is 93.7 Å². The number of oxime groups is 1. The van der Waals surface area contributed by atoms with E-state index in [1.807, 2.05) is 12.1 Å². The first kappa shape index (κ1) is 45.2. The molecule has 334 valence electrons. The Morgan fingerprint density at radius 3 is 2.53 bits per heavy atom. The fourth-order valence-corrected chi connectivity index (χ4v) is 9.73. The number of benzene rings is 3. The molecule has 13 heteroatoms. The van der Waals surface area contributed by atoms with E-state index >= 15 is 0 Å². The maximum absolute atomic E-state index is 14.8. The Hall–Kier alpha value is -4.82. The molecule has 62 heavy (non-hydrogen) atoms. The molecule has 0 radical (unpaired) electrons. The van der Waals surface area contributed by atoms with E-state index in [0.717, 1.165) is 49.7 Å². The minimum absolute atomic E-state index is 0.00981. The van der Waals surface area contributed by atoms with Crippen LogP contribution in [0.15, 0.2) is 96.2 Å². The summed E-state index contributed by atoms with van der Waals surface area (Å²) in [5, 5.41) is 24.8. The van der Waals surface area contributed by atoms with Crippen LogP contribution in [0.5, 0.6) is 11.5 Å². The van der Waals surface area contributed by atoms with E-state index in [2.05, 4.69) is 12.7 Å². The van der Waals surface area contributed by atoms with E-state index < -0.39 is 35.9 Å². The van der Waals surface area contributed by atoms with Crippen molar-refractivity contribution < 1.29 is 52.3 Å². The van der Waals surface area contributed by atoms with Crippen molar-refractivity contribution in [2.45, 2.75) is 108 Å². The molecule has 2 fully saturated rings. The molecule has 0 spiro atoms. The molecule has 1 amide bonds. The molecule has 2 aliphatic carbocycles. The summed E-state index contributed by atoms with van der Waals surface area (Å²) in [4.78, 5) is 22.2. The standard InChI is InChI=1S/C49H60F2N2O9/c1-3-26-60-49-44(53(48(56)57-4-2)31-33-18-20-36(50)21-19-33)30-42(52-62-45-17-9-12-27-58-45)39-28-34(13-7-10-24-54)38(15-8-11-25-55)46(47(39)49)40-29-37(22-23-43(40)61-49)59-32-35-14-5-6-16-41(35)51/h3,5-6,14,16,18-23,28-29,34,38,44-47,54-55H,1,4,7-13,15,17,24-27,30-32H2,2H3/t34-,38+,44-,45?,46+,47+,49+/m0/s1. The first-order valence-electron chi connectivity index (χ1n) is 22.2. The van der Waals surface area contributed by atoms with Gasteiger partial charge in [-0.15, -0.1) is 6.58 Å². The largest absolute Gasteiger partial charge is 0.489 e. The topological polar surface area (TPSA) is 129 Å². The molecular formula is C49H60F2N2O9. The second-order valence-corrected chi connectivity index (χ2v) is 16.5. The summed E-state index contributed by atoms with van der Waals surface area (Å²) >= 11 is 0. The van der Waals surface area contributed by atoms with E-state index in [1.165, 1.54) is 18.2 Å². The van der Waals surface area contributed by atoms with Crippen LogP contribution < -0.4 is 9.47 Å². The van der Waals surface area contributed by atoms with Gasteiger partial charge in [0, 0.05) is 49.6 Å². The third kappa shape index (κ3) is 10.2. The maximum Gasteiger partial charge on any atom is 0.410 e. The number of allylic oxidation sites excluding steroid dienone is 1. The fourth-order valence-electron chi connectivity index (χ4n) is 9.73. The summed E-state index contributed by atoms with van der Waals surface area (Å²) in [7, 11) is 0. The molecule has 1 unspecified atom stereocenters. The molecule has 4 aliphatic rings. The predicted molar refractivity (Wildman–Crippen MR) is 229 cm³/mol. The number of nitrogens with zero attached hydrogens (tertiary/aromatic N) is 2. The lowest BCUT2D eigenvalue weighted by Gasteiger charge is -2.59. The number of halogens is 2. The van der Waals surface area contributed by atoms with Crippen molar-refractivity contribution in [3.8, 4) is 11.5 Å². The van der Waals surface area contributed by atoms with Crippen LogP contribution in [0.3, 0.4) is 0 Å². The molecule has 2 N–H and O–H groups in total. The van der Waals surface area contributed by atoms with Crippen LogP contribution in [0.4, 0.5) is 13.6 Å². The highest BCUT2D eigenvalue weighted by atomic mass is 19.1. The molecule has 7 atom stereocenters. The summed E-state index contributed by atoms with van der Waals surface area (Å²) in [6.45, 7) is 6.67. The Morgan fingerprint density at radius 1 is 1.02 bits per heavy atom. The number of rotatable bonds is 20. The van der Waals surface area contributed by atoms with Gasteiger partial charge in [0.05, 0.1) is 31.5 Å². The zero-order valence-electron chi connectivity index (χ0n) is 35.6.